The minimum absolute atomic E-state index is 0.156. The number of nitrogens with one attached hydrogen (secondary N) is 2. The topological polar surface area (TPSA) is 57.3 Å². The number of nitrogens with zero attached hydrogens (tertiary/aromatic N) is 2. The van der Waals surface area contributed by atoms with Crippen LogP contribution in [0.2, 0.25) is 0 Å². The molecule has 0 saturated carbocycles. The minimum Gasteiger partial charge on any atom is -0.369 e. The molecule has 1 aromatic carbocycles. The second-order valence-electron chi connectivity index (χ2n) is 5.48. The number of anilines is 2. The molecule has 0 bridgehead atoms. The first-order chi connectivity index (χ1) is 10.5. The quantitative estimate of drug-likeness (QED) is 0.861. The summed E-state index contributed by atoms with van der Waals surface area (Å²) in [5.74, 6) is 0.616. The number of hydrogen-bond acceptors (Lipinski definition) is 4. The molecule has 0 spiro atoms. The van der Waals surface area contributed by atoms with Crippen molar-refractivity contribution >= 4 is 17.4 Å². The van der Waals surface area contributed by atoms with Gasteiger partial charge in [-0.25, -0.2) is 4.98 Å². The van der Waals surface area contributed by atoms with E-state index < -0.39 is 0 Å². The van der Waals surface area contributed by atoms with Gasteiger partial charge in [0.1, 0.15) is 5.82 Å². The zero-order chi connectivity index (χ0) is 15.9. The third-order valence-electron chi connectivity index (χ3n) is 3.20. The van der Waals surface area contributed by atoms with Crippen molar-refractivity contribution in [2.75, 3.05) is 37.8 Å². The average Bonchev–Trinajstić information content (AvgIpc) is 2.50. The highest BCUT2D eigenvalue weighted by atomic mass is 16.1. The molecule has 0 fully saturated rings. The van der Waals surface area contributed by atoms with Crippen molar-refractivity contribution < 1.29 is 4.79 Å². The van der Waals surface area contributed by atoms with Gasteiger partial charge in [-0.1, -0.05) is 17.7 Å². The molecule has 2 N–H and O–H groups in total. The maximum atomic E-state index is 12.1. The van der Waals surface area contributed by atoms with Crippen LogP contribution < -0.4 is 10.6 Å². The fourth-order valence-electron chi connectivity index (χ4n) is 1.88. The van der Waals surface area contributed by atoms with Crippen LogP contribution in [0.1, 0.15) is 15.9 Å². The predicted octanol–water partition coefficient (Wildman–Crippen LogP) is 2.62. The van der Waals surface area contributed by atoms with Crippen molar-refractivity contribution in [2.45, 2.75) is 6.92 Å². The van der Waals surface area contributed by atoms with Gasteiger partial charge in [0.05, 0.1) is 5.56 Å². The molecule has 0 unspecified atom stereocenters. The number of pyridine rings is 1. The summed E-state index contributed by atoms with van der Waals surface area (Å²) in [6, 6.07) is 11.3. The first-order valence-corrected chi connectivity index (χ1v) is 7.27. The van der Waals surface area contributed by atoms with Gasteiger partial charge >= 0.3 is 0 Å². The van der Waals surface area contributed by atoms with E-state index in [9.17, 15) is 4.79 Å². The van der Waals surface area contributed by atoms with Crippen LogP contribution in [0.4, 0.5) is 11.5 Å². The van der Waals surface area contributed by atoms with Gasteiger partial charge in [-0.3, -0.25) is 4.79 Å². The number of likely N-dealkylation sites (N-methyl/N-ethyl adjacent to an activating group) is 1. The lowest BCUT2D eigenvalue weighted by Gasteiger charge is -2.11. The number of amides is 1. The highest BCUT2D eigenvalue weighted by Gasteiger charge is 2.06. The lowest BCUT2D eigenvalue weighted by molar-refractivity contribution is 0.102. The molecule has 22 heavy (non-hydrogen) atoms. The van der Waals surface area contributed by atoms with Gasteiger partial charge in [0.25, 0.3) is 5.91 Å². The summed E-state index contributed by atoms with van der Waals surface area (Å²) in [6.45, 7) is 3.75. The van der Waals surface area contributed by atoms with Gasteiger partial charge in [0.2, 0.25) is 0 Å². The first-order valence-electron chi connectivity index (χ1n) is 7.27. The van der Waals surface area contributed by atoms with Gasteiger partial charge in [-0.05, 0) is 45.3 Å². The molecule has 1 heterocycles. The van der Waals surface area contributed by atoms with Gasteiger partial charge in [0, 0.05) is 25.0 Å². The lowest BCUT2D eigenvalue weighted by atomic mass is 10.2. The van der Waals surface area contributed by atoms with E-state index in [2.05, 4.69) is 20.5 Å². The van der Waals surface area contributed by atoms with E-state index in [1.165, 1.54) is 0 Å². The van der Waals surface area contributed by atoms with E-state index in [1.807, 2.05) is 51.4 Å². The van der Waals surface area contributed by atoms with E-state index in [4.69, 9.17) is 0 Å². The molecule has 2 aromatic rings. The molecule has 116 valence electrons. The van der Waals surface area contributed by atoms with Crippen molar-refractivity contribution in [3.05, 3.63) is 53.7 Å². The Morgan fingerprint density at radius 2 is 1.86 bits per heavy atom. The van der Waals surface area contributed by atoms with Gasteiger partial charge in [-0.15, -0.1) is 0 Å². The third-order valence-corrected chi connectivity index (χ3v) is 3.20. The van der Waals surface area contributed by atoms with Crippen LogP contribution in [-0.2, 0) is 0 Å². The molecule has 1 aromatic heterocycles. The van der Waals surface area contributed by atoms with Crippen LogP contribution in [-0.4, -0.2) is 43.0 Å². The minimum atomic E-state index is -0.156. The number of benzene rings is 1. The molecular formula is C17H22N4O. The molecule has 2 rings (SSSR count). The SMILES string of the molecule is Cc1ccc(NC(=O)c2ccc(NCCN(C)C)nc2)cc1. The number of aryl methyl sites for hydroxylation is 1. The second-order valence-corrected chi connectivity index (χ2v) is 5.48. The third kappa shape index (κ3) is 4.86. The summed E-state index contributed by atoms with van der Waals surface area (Å²) in [5.41, 5.74) is 2.48. The number of hydrogen-bond donors (Lipinski definition) is 2. The number of carbonyl (C=O) groups is 1. The molecule has 5 nitrogen and oxygen atoms in total. The second kappa shape index (κ2) is 7.56. The summed E-state index contributed by atoms with van der Waals surface area (Å²) in [4.78, 5) is 18.5. The summed E-state index contributed by atoms with van der Waals surface area (Å²) in [7, 11) is 4.04. The summed E-state index contributed by atoms with van der Waals surface area (Å²) >= 11 is 0. The van der Waals surface area contributed by atoms with Crippen molar-refractivity contribution in [1.29, 1.82) is 0 Å². The number of carbonyl (C=O) groups excluding carboxylic acids is 1. The lowest BCUT2D eigenvalue weighted by Crippen LogP contribution is -2.21. The van der Waals surface area contributed by atoms with Gasteiger partial charge < -0.3 is 15.5 Å². The van der Waals surface area contributed by atoms with Gasteiger partial charge in [-0.2, -0.15) is 0 Å². The van der Waals surface area contributed by atoms with Gasteiger partial charge in [0.15, 0.2) is 0 Å². The Labute approximate surface area is 131 Å². The van der Waals surface area contributed by atoms with Crippen LogP contribution in [0, 0.1) is 6.92 Å². The Kier molecular flexibility index (Phi) is 5.49. The molecule has 0 radical (unpaired) electrons. The normalized spacial score (nSPS) is 10.5. The number of rotatable bonds is 6. The zero-order valence-corrected chi connectivity index (χ0v) is 13.3. The molecule has 5 heteroatoms. The molecular weight excluding hydrogens is 276 g/mol. The average molecular weight is 298 g/mol. The van der Waals surface area contributed by atoms with E-state index in [0.29, 0.717) is 5.56 Å². The first kappa shape index (κ1) is 16.0. The largest absolute Gasteiger partial charge is 0.369 e. The maximum Gasteiger partial charge on any atom is 0.257 e. The van der Waals surface area contributed by atoms with E-state index in [0.717, 1.165) is 30.2 Å². The highest BCUT2D eigenvalue weighted by Crippen LogP contribution is 2.11. The van der Waals surface area contributed by atoms with Crippen LogP contribution in [0.5, 0.6) is 0 Å². The van der Waals surface area contributed by atoms with Crippen LogP contribution in [0.25, 0.3) is 0 Å². The smallest absolute Gasteiger partial charge is 0.257 e. The monoisotopic (exact) mass is 298 g/mol. The van der Waals surface area contributed by atoms with Crippen LogP contribution >= 0.6 is 0 Å². The zero-order valence-electron chi connectivity index (χ0n) is 13.3. The van der Waals surface area contributed by atoms with Crippen molar-refractivity contribution in [3.63, 3.8) is 0 Å². The Bertz CT molecular complexity index is 606. The van der Waals surface area contributed by atoms with Crippen LogP contribution in [0.15, 0.2) is 42.6 Å². The number of aromatic nitrogens is 1. The van der Waals surface area contributed by atoms with Crippen molar-refractivity contribution in [2.24, 2.45) is 0 Å². The molecule has 0 aliphatic carbocycles. The molecule has 0 atom stereocenters. The highest BCUT2D eigenvalue weighted by molar-refractivity contribution is 6.04. The van der Waals surface area contributed by atoms with Crippen LogP contribution in [0.3, 0.4) is 0 Å². The standard InChI is InChI=1S/C17H22N4O/c1-13-4-7-15(8-5-13)20-17(22)14-6-9-16(19-12-14)18-10-11-21(2)3/h4-9,12H,10-11H2,1-3H3,(H,18,19)(H,20,22). The van der Waals surface area contributed by atoms with Crippen molar-refractivity contribution in [1.82, 2.24) is 9.88 Å². The summed E-state index contributed by atoms with van der Waals surface area (Å²) in [5, 5.41) is 6.07. The van der Waals surface area contributed by atoms with E-state index in [-0.39, 0.29) is 5.91 Å². The van der Waals surface area contributed by atoms with Crippen molar-refractivity contribution in [3.8, 4) is 0 Å². The Morgan fingerprint density at radius 3 is 2.45 bits per heavy atom. The Balaban J connectivity index is 1.91. The Hall–Kier alpha value is -2.40. The molecule has 0 saturated heterocycles. The van der Waals surface area contributed by atoms with E-state index in [1.54, 1.807) is 12.3 Å². The molecule has 0 aliphatic rings. The Morgan fingerprint density at radius 1 is 1.14 bits per heavy atom. The summed E-state index contributed by atoms with van der Waals surface area (Å²) in [6.07, 6.45) is 1.58. The fraction of sp³-hybridized carbons (Fsp3) is 0.294. The fourth-order valence-corrected chi connectivity index (χ4v) is 1.88. The van der Waals surface area contributed by atoms with E-state index >= 15 is 0 Å². The maximum absolute atomic E-state index is 12.1. The molecule has 1 amide bonds. The molecule has 0 aliphatic heterocycles. The summed E-state index contributed by atoms with van der Waals surface area (Å²) < 4.78 is 0. The predicted molar refractivity (Wildman–Crippen MR) is 90.4 cm³/mol.